The van der Waals surface area contributed by atoms with Gasteiger partial charge in [0.15, 0.2) is 0 Å². The normalized spacial score (nSPS) is 15.9. The smallest absolute Gasteiger partial charge is 0.420 e. The number of hydrogen-bond acceptors (Lipinski definition) is 7. The lowest BCUT2D eigenvalue weighted by Gasteiger charge is -2.30. The van der Waals surface area contributed by atoms with Crippen LogP contribution in [-0.4, -0.2) is 60.6 Å². The van der Waals surface area contributed by atoms with Gasteiger partial charge >= 0.3 is 6.09 Å². The van der Waals surface area contributed by atoms with Gasteiger partial charge in [0.2, 0.25) is 19.1 Å². The van der Waals surface area contributed by atoms with Crippen LogP contribution < -0.4 is 0 Å². The summed E-state index contributed by atoms with van der Waals surface area (Å²) < 4.78 is 19.1. The van der Waals surface area contributed by atoms with Crippen molar-refractivity contribution < 1.29 is 34.0 Å². The van der Waals surface area contributed by atoms with Gasteiger partial charge in [0.05, 0.1) is 0 Å². The first kappa shape index (κ1) is 17.1. The maximum Gasteiger partial charge on any atom is 0.420 e. The molecule has 1 amide bonds. The molecule has 0 aromatic heterocycles. The number of aliphatic hydroxyl groups is 2. The lowest BCUT2D eigenvalue weighted by atomic mass is 10.7. The van der Waals surface area contributed by atoms with Crippen LogP contribution in [0.5, 0.6) is 0 Å². The van der Waals surface area contributed by atoms with Gasteiger partial charge in [-0.25, -0.2) is 9.69 Å². The highest BCUT2D eigenvalue weighted by atomic mass is 16.7. The standard InChI is InChI=1S/C10H21NO7/c1-5-16-8(12)11(9(13)17-6-2)10(14)18-7(3)15-4/h7-9,12-13H,5-6H2,1-4H3. The third kappa shape index (κ3) is 5.61. The number of rotatable bonds is 8. The minimum Gasteiger partial charge on any atom is -0.420 e. The van der Waals surface area contributed by atoms with E-state index in [9.17, 15) is 15.0 Å². The molecule has 0 aliphatic carbocycles. The molecule has 0 radical (unpaired) electrons. The van der Waals surface area contributed by atoms with E-state index in [1.165, 1.54) is 14.0 Å². The van der Waals surface area contributed by atoms with E-state index >= 15 is 0 Å². The van der Waals surface area contributed by atoms with Gasteiger partial charge in [-0.05, 0) is 20.8 Å². The molecule has 0 saturated carbocycles. The number of nitrogens with zero attached hydrogens (tertiary/aromatic N) is 1. The van der Waals surface area contributed by atoms with Crippen LogP contribution >= 0.6 is 0 Å². The molecule has 108 valence electrons. The summed E-state index contributed by atoms with van der Waals surface area (Å²) in [6.45, 7) is 5.01. The molecular weight excluding hydrogens is 246 g/mol. The summed E-state index contributed by atoms with van der Waals surface area (Å²) in [6.07, 6.45) is -5.20. The highest BCUT2D eigenvalue weighted by Crippen LogP contribution is 2.09. The van der Waals surface area contributed by atoms with Crippen LogP contribution in [0.4, 0.5) is 4.79 Å². The molecule has 3 unspecified atom stereocenters. The number of carbonyl (C=O) groups excluding carboxylic acids is 1. The minimum atomic E-state index is -1.67. The Labute approximate surface area is 106 Å². The summed E-state index contributed by atoms with van der Waals surface area (Å²) >= 11 is 0. The Bertz CT molecular complexity index is 226. The van der Waals surface area contributed by atoms with E-state index in [-0.39, 0.29) is 13.2 Å². The van der Waals surface area contributed by atoms with Crippen LogP contribution in [-0.2, 0) is 18.9 Å². The molecule has 2 N–H and O–H groups in total. The quantitative estimate of drug-likeness (QED) is 0.599. The van der Waals surface area contributed by atoms with E-state index in [0.717, 1.165) is 0 Å². The Morgan fingerprint density at radius 3 is 1.94 bits per heavy atom. The van der Waals surface area contributed by atoms with E-state index in [1.807, 2.05) is 0 Å². The van der Waals surface area contributed by atoms with Crippen molar-refractivity contribution in [1.82, 2.24) is 4.90 Å². The largest absolute Gasteiger partial charge is 0.420 e. The number of methoxy groups -OCH3 is 1. The molecule has 18 heavy (non-hydrogen) atoms. The lowest BCUT2D eigenvalue weighted by molar-refractivity contribution is -0.280. The average molecular weight is 267 g/mol. The van der Waals surface area contributed by atoms with Crippen molar-refractivity contribution >= 4 is 6.09 Å². The van der Waals surface area contributed by atoms with E-state index < -0.39 is 25.2 Å². The maximum atomic E-state index is 11.7. The molecule has 0 aliphatic heterocycles. The molecule has 0 heterocycles. The molecule has 3 atom stereocenters. The van der Waals surface area contributed by atoms with Gasteiger partial charge in [-0.3, -0.25) is 0 Å². The predicted octanol–water partition coefficient (Wildman–Crippen LogP) is 0.0422. The average Bonchev–Trinajstić information content (AvgIpc) is 2.29. The van der Waals surface area contributed by atoms with Gasteiger partial charge in [0, 0.05) is 20.3 Å². The van der Waals surface area contributed by atoms with Crippen LogP contribution in [0.1, 0.15) is 20.8 Å². The summed E-state index contributed by atoms with van der Waals surface area (Å²) in [5.41, 5.74) is 0. The fourth-order valence-corrected chi connectivity index (χ4v) is 0.999. The third-order valence-electron chi connectivity index (χ3n) is 1.92. The Morgan fingerprint density at radius 2 is 1.61 bits per heavy atom. The lowest BCUT2D eigenvalue weighted by Crippen LogP contribution is -2.50. The second-order valence-electron chi connectivity index (χ2n) is 3.16. The fraction of sp³-hybridized carbons (Fsp3) is 0.900. The Kier molecular flexibility index (Phi) is 8.59. The first-order chi connectivity index (χ1) is 8.47. The molecule has 0 aliphatic rings. The minimum absolute atomic E-state index is 0.142. The van der Waals surface area contributed by atoms with Crippen molar-refractivity contribution in [2.75, 3.05) is 20.3 Å². The third-order valence-corrected chi connectivity index (χ3v) is 1.92. The van der Waals surface area contributed by atoms with Crippen LogP contribution in [0.2, 0.25) is 0 Å². The number of ether oxygens (including phenoxy) is 4. The first-order valence-corrected chi connectivity index (χ1v) is 5.58. The Hall–Kier alpha value is -0.930. The van der Waals surface area contributed by atoms with Gasteiger partial charge < -0.3 is 29.2 Å². The monoisotopic (exact) mass is 267 g/mol. The molecule has 0 rings (SSSR count). The predicted molar refractivity (Wildman–Crippen MR) is 60.1 cm³/mol. The molecule has 8 heteroatoms. The highest BCUT2D eigenvalue weighted by molar-refractivity contribution is 5.67. The van der Waals surface area contributed by atoms with Crippen molar-refractivity contribution in [3.63, 3.8) is 0 Å². The van der Waals surface area contributed by atoms with Crippen LogP contribution in [0.3, 0.4) is 0 Å². The molecule has 0 bridgehead atoms. The van der Waals surface area contributed by atoms with Crippen molar-refractivity contribution in [2.24, 2.45) is 0 Å². The van der Waals surface area contributed by atoms with E-state index in [2.05, 4.69) is 0 Å². The topological polar surface area (TPSA) is 97.7 Å². The zero-order valence-electron chi connectivity index (χ0n) is 11.0. The molecule has 0 aromatic carbocycles. The number of amides is 1. The molecular formula is C10H21NO7. The van der Waals surface area contributed by atoms with Gasteiger partial charge in [-0.1, -0.05) is 0 Å². The first-order valence-electron chi connectivity index (χ1n) is 5.58. The van der Waals surface area contributed by atoms with Crippen LogP contribution in [0.25, 0.3) is 0 Å². The molecule has 0 aromatic rings. The summed E-state index contributed by atoms with van der Waals surface area (Å²) in [6, 6.07) is 0. The van der Waals surface area contributed by atoms with Crippen molar-refractivity contribution in [2.45, 2.75) is 39.9 Å². The van der Waals surface area contributed by atoms with Gasteiger partial charge in [-0.2, -0.15) is 0 Å². The van der Waals surface area contributed by atoms with E-state index in [1.54, 1.807) is 13.8 Å². The molecule has 0 fully saturated rings. The van der Waals surface area contributed by atoms with Gasteiger partial charge in [-0.15, -0.1) is 0 Å². The zero-order chi connectivity index (χ0) is 14.1. The number of hydrogen-bond donors (Lipinski definition) is 2. The Balaban J connectivity index is 4.67. The van der Waals surface area contributed by atoms with E-state index in [0.29, 0.717) is 4.90 Å². The zero-order valence-corrected chi connectivity index (χ0v) is 11.0. The fourth-order valence-electron chi connectivity index (χ4n) is 0.999. The van der Waals surface area contributed by atoms with Gasteiger partial charge in [0.25, 0.3) is 0 Å². The summed E-state index contributed by atoms with van der Waals surface area (Å²) in [5, 5.41) is 19.2. The summed E-state index contributed by atoms with van der Waals surface area (Å²) in [5.74, 6) is 0. The van der Waals surface area contributed by atoms with Crippen molar-refractivity contribution in [3.8, 4) is 0 Å². The maximum absolute atomic E-state index is 11.7. The molecule has 8 nitrogen and oxygen atoms in total. The molecule has 0 saturated heterocycles. The number of carbonyl (C=O) groups is 1. The second-order valence-corrected chi connectivity index (χ2v) is 3.16. The van der Waals surface area contributed by atoms with Crippen molar-refractivity contribution in [1.29, 1.82) is 0 Å². The highest BCUT2D eigenvalue weighted by Gasteiger charge is 2.32. The van der Waals surface area contributed by atoms with Crippen molar-refractivity contribution in [3.05, 3.63) is 0 Å². The van der Waals surface area contributed by atoms with E-state index in [4.69, 9.17) is 18.9 Å². The van der Waals surface area contributed by atoms with Gasteiger partial charge in [0.1, 0.15) is 0 Å². The number of aliphatic hydroxyl groups excluding tert-OH is 2. The van der Waals surface area contributed by atoms with Crippen LogP contribution in [0, 0.1) is 0 Å². The SMILES string of the molecule is CCOC(O)N(C(=O)OC(C)OC)C(O)OCC. The van der Waals surface area contributed by atoms with Crippen LogP contribution in [0.15, 0.2) is 0 Å². The summed E-state index contributed by atoms with van der Waals surface area (Å²) in [7, 11) is 1.35. The molecule has 0 spiro atoms. The second kappa shape index (κ2) is 9.06. The summed E-state index contributed by atoms with van der Waals surface area (Å²) in [4.78, 5) is 12.2. The Morgan fingerprint density at radius 1 is 1.17 bits per heavy atom.